The summed E-state index contributed by atoms with van der Waals surface area (Å²) in [6.45, 7) is 1.84. The molecule has 0 aliphatic rings. The molecule has 0 fully saturated rings. The second kappa shape index (κ2) is 14.8. The van der Waals surface area contributed by atoms with Gasteiger partial charge in [-0.2, -0.15) is 0 Å². The second-order valence-corrected chi connectivity index (χ2v) is 5.66. The van der Waals surface area contributed by atoms with Gasteiger partial charge in [0.15, 0.2) is 0 Å². The van der Waals surface area contributed by atoms with Crippen LogP contribution in [0.3, 0.4) is 0 Å². The largest absolute Gasteiger partial charge is 0.481 e. The van der Waals surface area contributed by atoms with Crippen LogP contribution >= 0.6 is 0 Å². The molecule has 0 radical (unpaired) electrons. The van der Waals surface area contributed by atoms with E-state index in [4.69, 9.17) is 5.11 Å². The molecular formula is C18H32O4. The third-order valence-corrected chi connectivity index (χ3v) is 3.60. The van der Waals surface area contributed by atoms with Gasteiger partial charge in [-0.1, -0.05) is 56.9 Å². The number of aliphatic hydroxyl groups excluding tert-OH is 2. The van der Waals surface area contributed by atoms with Crippen LogP contribution in [-0.4, -0.2) is 33.5 Å². The lowest BCUT2D eigenvalue weighted by Gasteiger charge is -2.10. The maximum atomic E-state index is 10.3. The van der Waals surface area contributed by atoms with E-state index in [1.807, 2.05) is 13.0 Å². The van der Waals surface area contributed by atoms with Crippen LogP contribution in [0.2, 0.25) is 0 Å². The van der Waals surface area contributed by atoms with Crippen molar-refractivity contribution in [3.05, 3.63) is 24.3 Å². The summed E-state index contributed by atoms with van der Waals surface area (Å²) in [6.07, 6.45) is 15.5. The number of allylic oxidation sites excluding steroid dienone is 3. The van der Waals surface area contributed by atoms with Crippen LogP contribution in [0.25, 0.3) is 0 Å². The number of carboxylic acid groups (broad SMARTS) is 1. The number of hydrogen-bond donors (Lipinski definition) is 3. The summed E-state index contributed by atoms with van der Waals surface area (Å²) in [5.74, 6) is -0.698. The Morgan fingerprint density at radius 1 is 0.955 bits per heavy atom. The van der Waals surface area contributed by atoms with Crippen molar-refractivity contribution in [1.29, 1.82) is 0 Å². The molecule has 4 nitrogen and oxygen atoms in total. The molecule has 0 unspecified atom stereocenters. The number of aliphatic carboxylic acids is 1. The lowest BCUT2D eigenvalue weighted by Crippen LogP contribution is -2.22. The van der Waals surface area contributed by atoms with E-state index in [0.29, 0.717) is 12.8 Å². The van der Waals surface area contributed by atoms with Crippen LogP contribution < -0.4 is 0 Å². The van der Waals surface area contributed by atoms with E-state index in [1.165, 1.54) is 12.8 Å². The van der Waals surface area contributed by atoms with Crippen molar-refractivity contribution in [2.24, 2.45) is 0 Å². The molecule has 0 amide bonds. The van der Waals surface area contributed by atoms with Gasteiger partial charge in [0, 0.05) is 6.42 Å². The third kappa shape index (κ3) is 13.8. The van der Waals surface area contributed by atoms with Crippen LogP contribution in [0.5, 0.6) is 0 Å². The van der Waals surface area contributed by atoms with Crippen molar-refractivity contribution in [2.75, 3.05) is 0 Å². The van der Waals surface area contributed by atoms with Gasteiger partial charge in [0.25, 0.3) is 0 Å². The normalized spacial score (nSPS) is 14.7. The topological polar surface area (TPSA) is 77.8 Å². The first-order valence-electron chi connectivity index (χ1n) is 8.47. The molecule has 0 saturated heterocycles. The minimum atomic E-state index is -0.764. The van der Waals surface area contributed by atoms with Gasteiger partial charge in [-0.05, 0) is 32.1 Å². The summed E-state index contributed by atoms with van der Waals surface area (Å²) in [5.41, 5.74) is 0. The Hall–Kier alpha value is -1.13. The fraction of sp³-hybridized carbons (Fsp3) is 0.722. The van der Waals surface area contributed by atoms with Gasteiger partial charge >= 0.3 is 5.97 Å². The minimum Gasteiger partial charge on any atom is -0.481 e. The van der Waals surface area contributed by atoms with E-state index in [0.717, 1.165) is 38.5 Å². The van der Waals surface area contributed by atoms with Crippen molar-refractivity contribution in [1.82, 2.24) is 0 Å². The highest BCUT2D eigenvalue weighted by molar-refractivity contribution is 5.66. The molecule has 128 valence electrons. The molecule has 0 saturated carbocycles. The van der Waals surface area contributed by atoms with Crippen LogP contribution in [0.4, 0.5) is 0 Å². The number of carboxylic acids is 1. The Morgan fingerprint density at radius 3 is 2.23 bits per heavy atom. The quantitative estimate of drug-likeness (QED) is 0.336. The van der Waals surface area contributed by atoms with Gasteiger partial charge in [-0.15, -0.1) is 0 Å². The molecule has 22 heavy (non-hydrogen) atoms. The molecular weight excluding hydrogens is 280 g/mol. The molecule has 0 aromatic carbocycles. The molecule has 0 aliphatic heterocycles. The number of carbonyl (C=O) groups is 1. The van der Waals surface area contributed by atoms with Crippen molar-refractivity contribution in [2.45, 2.75) is 83.3 Å². The average Bonchev–Trinajstić information content (AvgIpc) is 2.50. The smallest absolute Gasteiger partial charge is 0.303 e. The second-order valence-electron chi connectivity index (χ2n) is 5.66. The predicted octanol–water partition coefficient (Wildman–Crippen LogP) is 3.83. The van der Waals surface area contributed by atoms with Crippen LogP contribution in [-0.2, 0) is 4.79 Å². The van der Waals surface area contributed by atoms with Gasteiger partial charge in [0.1, 0.15) is 0 Å². The number of rotatable bonds is 14. The van der Waals surface area contributed by atoms with E-state index >= 15 is 0 Å². The van der Waals surface area contributed by atoms with E-state index < -0.39 is 18.2 Å². The van der Waals surface area contributed by atoms with E-state index in [2.05, 4.69) is 12.2 Å². The molecule has 0 heterocycles. The zero-order valence-electron chi connectivity index (χ0n) is 13.8. The molecule has 3 N–H and O–H groups in total. The molecule has 2 atom stereocenters. The summed E-state index contributed by atoms with van der Waals surface area (Å²) in [6, 6.07) is 0. The Morgan fingerprint density at radius 2 is 1.59 bits per heavy atom. The maximum absolute atomic E-state index is 10.3. The Labute approximate surface area is 134 Å². The zero-order chi connectivity index (χ0) is 16.6. The Balaban J connectivity index is 3.37. The molecule has 4 heteroatoms. The summed E-state index contributed by atoms with van der Waals surface area (Å²) >= 11 is 0. The molecule has 0 aliphatic carbocycles. The van der Waals surface area contributed by atoms with Crippen LogP contribution in [0.1, 0.15) is 71.1 Å². The lowest BCUT2D eigenvalue weighted by molar-refractivity contribution is -0.137. The monoisotopic (exact) mass is 312 g/mol. The summed E-state index contributed by atoms with van der Waals surface area (Å²) in [4.78, 5) is 10.3. The zero-order valence-corrected chi connectivity index (χ0v) is 13.8. The summed E-state index contributed by atoms with van der Waals surface area (Å²) < 4.78 is 0. The van der Waals surface area contributed by atoms with E-state index in [1.54, 1.807) is 6.08 Å². The van der Waals surface area contributed by atoms with Gasteiger partial charge in [-0.25, -0.2) is 0 Å². The first-order chi connectivity index (χ1) is 10.6. The summed E-state index contributed by atoms with van der Waals surface area (Å²) in [7, 11) is 0. The highest BCUT2D eigenvalue weighted by Gasteiger charge is 2.08. The van der Waals surface area contributed by atoms with Gasteiger partial charge in [0.2, 0.25) is 0 Å². The highest BCUT2D eigenvalue weighted by atomic mass is 16.4. The van der Waals surface area contributed by atoms with Gasteiger partial charge in [-0.3, -0.25) is 4.79 Å². The highest BCUT2D eigenvalue weighted by Crippen LogP contribution is 2.09. The fourth-order valence-corrected chi connectivity index (χ4v) is 2.13. The van der Waals surface area contributed by atoms with Crippen LogP contribution in [0, 0.1) is 0 Å². The van der Waals surface area contributed by atoms with Crippen molar-refractivity contribution < 1.29 is 20.1 Å². The molecule has 0 rings (SSSR count). The minimum absolute atomic E-state index is 0.292. The Kier molecular flexibility index (Phi) is 14.0. The number of aliphatic hydroxyl groups is 2. The van der Waals surface area contributed by atoms with Crippen molar-refractivity contribution >= 4 is 5.97 Å². The van der Waals surface area contributed by atoms with Crippen molar-refractivity contribution in [3.63, 3.8) is 0 Å². The predicted molar refractivity (Wildman–Crippen MR) is 89.8 cm³/mol. The summed E-state index contributed by atoms with van der Waals surface area (Å²) in [5, 5.41) is 27.4. The molecule has 0 aromatic heterocycles. The standard InChI is InChI=1S/C18H32O4/c1-2-16(19)17(20)14-12-10-8-6-4-3-5-7-9-11-13-15-18(21)22/h6,8,12,14,16-17,19-20H,2-5,7,9-11,13,15H2,1H3,(H,21,22)/b8-6-,14-12-/t16-,17+/m1/s1. The molecule has 0 aromatic rings. The van der Waals surface area contributed by atoms with Crippen molar-refractivity contribution in [3.8, 4) is 0 Å². The van der Waals surface area contributed by atoms with E-state index in [-0.39, 0.29) is 0 Å². The molecule has 0 bridgehead atoms. The average molecular weight is 312 g/mol. The SMILES string of the molecule is CC[C@@H](O)[C@@H](O)/C=C\C/C=C\CCCCCCCCC(=O)O. The van der Waals surface area contributed by atoms with E-state index in [9.17, 15) is 15.0 Å². The maximum Gasteiger partial charge on any atom is 0.303 e. The first kappa shape index (κ1) is 20.9. The number of hydrogen-bond acceptors (Lipinski definition) is 3. The Bertz CT molecular complexity index is 323. The fourth-order valence-electron chi connectivity index (χ4n) is 2.13. The molecule has 0 spiro atoms. The third-order valence-electron chi connectivity index (χ3n) is 3.60. The lowest BCUT2D eigenvalue weighted by atomic mass is 10.1. The first-order valence-corrected chi connectivity index (χ1v) is 8.47. The van der Waals surface area contributed by atoms with Gasteiger partial charge in [0.05, 0.1) is 12.2 Å². The van der Waals surface area contributed by atoms with Crippen LogP contribution in [0.15, 0.2) is 24.3 Å². The number of unbranched alkanes of at least 4 members (excludes halogenated alkanes) is 6. The van der Waals surface area contributed by atoms with Gasteiger partial charge < -0.3 is 15.3 Å².